The highest BCUT2D eigenvalue weighted by Gasteiger charge is 2.35. The molecule has 26 heavy (non-hydrogen) atoms. The van der Waals surface area contributed by atoms with Crippen molar-refractivity contribution in [2.24, 2.45) is 11.8 Å². The van der Waals surface area contributed by atoms with Crippen molar-refractivity contribution in [3.05, 3.63) is 29.8 Å². The van der Waals surface area contributed by atoms with Gasteiger partial charge < -0.3 is 15.2 Å². The van der Waals surface area contributed by atoms with Gasteiger partial charge in [-0.25, -0.2) is 0 Å². The number of ether oxygens (including phenoxy) is 1. The van der Waals surface area contributed by atoms with E-state index in [1.54, 1.807) is 0 Å². The number of benzene rings is 1. The molecule has 5 heteroatoms. The molecule has 0 heterocycles. The summed E-state index contributed by atoms with van der Waals surface area (Å²) in [6.07, 6.45) is 7.79. The van der Waals surface area contributed by atoms with E-state index in [1.165, 1.54) is 19.3 Å². The maximum absolute atomic E-state index is 12.4. The molecule has 2 rings (SSSR count). The summed E-state index contributed by atoms with van der Waals surface area (Å²) < 4.78 is 5.72. The maximum atomic E-state index is 12.4. The van der Waals surface area contributed by atoms with E-state index in [2.05, 4.69) is 12.2 Å². The molecule has 0 bridgehead atoms. The topological polar surface area (TPSA) is 75.6 Å². The lowest BCUT2D eigenvalue weighted by molar-refractivity contribution is -0.148. The zero-order valence-electron chi connectivity index (χ0n) is 15.7. The fourth-order valence-corrected chi connectivity index (χ4v) is 3.48. The van der Waals surface area contributed by atoms with E-state index in [-0.39, 0.29) is 5.91 Å². The van der Waals surface area contributed by atoms with E-state index < -0.39 is 17.8 Å². The van der Waals surface area contributed by atoms with Crippen LogP contribution in [0.4, 0.5) is 0 Å². The molecule has 0 aliphatic heterocycles. The minimum atomic E-state index is -0.856. The van der Waals surface area contributed by atoms with Gasteiger partial charge in [0.1, 0.15) is 5.75 Å². The Labute approximate surface area is 156 Å². The predicted octanol–water partition coefficient (Wildman–Crippen LogP) is 4.15. The zero-order valence-corrected chi connectivity index (χ0v) is 15.7. The van der Waals surface area contributed by atoms with Crippen LogP contribution in [0.3, 0.4) is 0 Å². The third kappa shape index (κ3) is 6.36. The van der Waals surface area contributed by atoms with Gasteiger partial charge in [-0.1, -0.05) is 51.2 Å². The van der Waals surface area contributed by atoms with Gasteiger partial charge in [0, 0.05) is 6.54 Å². The first kappa shape index (κ1) is 20.3. The van der Waals surface area contributed by atoms with Gasteiger partial charge in [0.2, 0.25) is 5.91 Å². The Morgan fingerprint density at radius 2 is 1.77 bits per heavy atom. The standard InChI is InChI=1S/C21H31NO4/c1-2-3-4-7-14-26-17-12-10-16(11-13-17)15-22-20(23)18-8-5-6-9-19(18)21(24)25/h10-13,18-19H,2-9,14-15H2,1H3,(H,22,23)(H,24,25). The van der Waals surface area contributed by atoms with E-state index in [4.69, 9.17) is 4.74 Å². The van der Waals surface area contributed by atoms with Crippen molar-refractivity contribution in [1.82, 2.24) is 5.32 Å². The lowest BCUT2D eigenvalue weighted by atomic mass is 9.78. The van der Waals surface area contributed by atoms with Gasteiger partial charge in [-0.05, 0) is 37.0 Å². The number of carbonyl (C=O) groups is 2. The van der Waals surface area contributed by atoms with Crippen LogP contribution in [-0.2, 0) is 16.1 Å². The lowest BCUT2D eigenvalue weighted by Crippen LogP contribution is -2.39. The fraction of sp³-hybridized carbons (Fsp3) is 0.619. The van der Waals surface area contributed by atoms with Crippen molar-refractivity contribution in [3.8, 4) is 5.75 Å². The first-order valence-corrected chi connectivity index (χ1v) is 9.84. The van der Waals surface area contributed by atoms with E-state index in [0.717, 1.165) is 37.2 Å². The number of carboxylic acid groups (broad SMARTS) is 1. The second-order valence-corrected chi connectivity index (χ2v) is 7.11. The molecule has 0 aromatic heterocycles. The highest BCUT2D eigenvalue weighted by molar-refractivity contribution is 5.84. The molecule has 0 spiro atoms. The third-order valence-electron chi connectivity index (χ3n) is 5.08. The average molecular weight is 361 g/mol. The summed E-state index contributed by atoms with van der Waals surface area (Å²) in [5.74, 6) is -1.12. The number of carbonyl (C=O) groups excluding carboxylic acids is 1. The first-order valence-electron chi connectivity index (χ1n) is 9.84. The van der Waals surface area contributed by atoms with E-state index in [9.17, 15) is 14.7 Å². The molecule has 5 nitrogen and oxygen atoms in total. The maximum Gasteiger partial charge on any atom is 0.307 e. The van der Waals surface area contributed by atoms with Crippen LogP contribution in [-0.4, -0.2) is 23.6 Å². The molecule has 1 aromatic carbocycles. The summed E-state index contributed by atoms with van der Waals surface area (Å²) in [5, 5.41) is 12.2. The fourth-order valence-electron chi connectivity index (χ4n) is 3.48. The number of rotatable bonds is 10. The second kappa shape index (κ2) is 10.8. The van der Waals surface area contributed by atoms with Crippen LogP contribution in [0.1, 0.15) is 63.9 Å². The molecule has 1 saturated carbocycles. The molecule has 144 valence electrons. The summed E-state index contributed by atoms with van der Waals surface area (Å²) in [6, 6.07) is 7.72. The number of hydrogen-bond donors (Lipinski definition) is 2. The molecule has 2 N–H and O–H groups in total. The van der Waals surface area contributed by atoms with Gasteiger partial charge in [-0.2, -0.15) is 0 Å². The van der Waals surface area contributed by atoms with Crippen molar-refractivity contribution in [2.45, 2.75) is 64.8 Å². The molecule has 0 radical (unpaired) electrons. The summed E-state index contributed by atoms with van der Waals surface area (Å²) in [7, 11) is 0. The Kier molecular flexibility index (Phi) is 8.45. The van der Waals surface area contributed by atoms with Gasteiger partial charge in [-0.3, -0.25) is 9.59 Å². The molecule has 1 amide bonds. The quantitative estimate of drug-likeness (QED) is 0.614. The minimum Gasteiger partial charge on any atom is -0.494 e. The van der Waals surface area contributed by atoms with Gasteiger partial charge in [0.05, 0.1) is 18.4 Å². The third-order valence-corrected chi connectivity index (χ3v) is 5.08. The SMILES string of the molecule is CCCCCCOc1ccc(CNC(=O)C2CCCCC2C(=O)O)cc1. The summed E-state index contributed by atoms with van der Waals surface area (Å²) in [5.41, 5.74) is 0.986. The number of hydrogen-bond acceptors (Lipinski definition) is 3. The Bertz CT molecular complexity index is 570. The molecule has 1 aliphatic rings. The van der Waals surface area contributed by atoms with Crippen LogP contribution < -0.4 is 10.1 Å². The number of amides is 1. The Balaban J connectivity index is 1.76. The summed E-state index contributed by atoms with van der Waals surface area (Å²) in [6.45, 7) is 3.33. The average Bonchev–Trinajstić information content (AvgIpc) is 2.67. The zero-order chi connectivity index (χ0) is 18.8. The van der Waals surface area contributed by atoms with Gasteiger partial charge >= 0.3 is 5.97 Å². The Hall–Kier alpha value is -2.04. The summed E-state index contributed by atoms with van der Waals surface area (Å²) >= 11 is 0. The van der Waals surface area contributed by atoms with E-state index in [0.29, 0.717) is 19.4 Å². The minimum absolute atomic E-state index is 0.145. The Morgan fingerprint density at radius 3 is 2.42 bits per heavy atom. The molecule has 2 unspecified atom stereocenters. The van der Waals surface area contributed by atoms with Gasteiger partial charge in [-0.15, -0.1) is 0 Å². The molecular weight excluding hydrogens is 330 g/mol. The van der Waals surface area contributed by atoms with Crippen LogP contribution in [0, 0.1) is 11.8 Å². The van der Waals surface area contributed by atoms with E-state index in [1.807, 2.05) is 24.3 Å². The monoisotopic (exact) mass is 361 g/mol. The van der Waals surface area contributed by atoms with Crippen molar-refractivity contribution < 1.29 is 19.4 Å². The van der Waals surface area contributed by atoms with Gasteiger partial charge in [0.25, 0.3) is 0 Å². The van der Waals surface area contributed by atoms with Crippen molar-refractivity contribution in [1.29, 1.82) is 0 Å². The number of carboxylic acids is 1. The highest BCUT2D eigenvalue weighted by atomic mass is 16.5. The van der Waals surface area contributed by atoms with Crippen molar-refractivity contribution in [3.63, 3.8) is 0 Å². The highest BCUT2D eigenvalue weighted by Crippen LogP contribution is 2.30. The Morgan fingerprint density at radius 1 is 1.08 bits per heavy atom. The second-order valence-electron chi connectivity index (χ2n) is 7.11. The van der Waals surface area contributed by atoms with Crippen LogP contribution in [0.25, 0.3) is 0 Å². The van der Waals surface area contributed by atoms with E-state index >= 15 is 0 Å². The predicted molar refractivity (Wildman–Crippen MR) is 101 cm³/mol. The van der Waals surface area contributed by atoms with Gasteiger partial charge in [0.15, 0.2) is 0 Å². The summed E-state index contributed by atoms with van der Waals surface area (Å²) in [4.78, 5) is 23.7. The number of nitrogens with one attached hydrogen (secondary N) is 1. The van der Waals surface area contributed by atoms with Crippen LogP contribution in [0.5, 0.6) is 5.75 Å². The first-order chi connectivity index (χ1) is 12.6. The number of aliphatic carboxylic acids is 1. The van der Waals surface area contributed by atoms with Crippen molar-refractivity contribution in [2.75, 3.05) is 6.61 Å². The molecule has 2 atom stereocenters. The smallest absolute Gasteiger partial charge is 0.307 e. The van der Waals surface area contributed by atoms with Crippen LogP contribution in [0.2, 0.25) is 0 Å². The normalized spacial score (nSPS) is 19.7. The molecule has 0 saturated heterocycles. The molecule has 1 aliphatic carbocycles. The molecular formula is C21H31NO4. The molecule has 1 fully saturated rings. The lowest BCUT2D eigenvalue weighted by Gasteiger charge is -2.27. The van der Waals surface area contributed by atoms with Crippen LogP contribution >= 0.6 is 0 Å². The van der Waals surface area contributed by atoms with Crippen molar-refractivity contribution >= 4 is 11.9 Å². The molecule has 1 aromatic rings. The van der Waals surface area contributed by atoms with Crippen LogP contribution in [0.15, 0.2) is 24.3 Å². The largest absolute Gasteiger partial charge is 0.494 e. The number of unbranched alkanes of at least 4 members (excludes halogenated alkanes) is 3.